The summed E-state index contributed by atoms with van der Waals surface area (Å²) in [7, 11) is -2.02. The number of nitro benzene ring substituents is 1. The van der Waals surface area contributed by atoms with Crippen LogP contribution in [0, 0.1) is 10.1 Å². The number of methoxy groups -OCH3 is 1. The fraction of sp³-hybridized carbons (Fsp3) is 0.294. The van der Waals surface area contributed by atoms with Crippen molar-refractivity contribution in [2.24, 2.45) is 0 Å². The predicted octanol–water partition coefficient (Wildman–Crippen LogP) is 1.81. The summed E-state index contributed by atoms with van der Waals surface area (Å²) in [6, 6.07) is 12.9. The van der Waals surface area contributed by atoms with Crippen LogP contribution in [0.2, 0.25) is 0 Å². The Morgan fingerprint density at radius 1 is 1.00 bits per heavy atom. The predicted molar refractivity (Wildman–Crippen MR) is 97.1 cm³/mol. The second-order valence-corrected chi connectivity index (χ2v) is 7.33. The molecule has 0 atom stereocenters. The zero-order valence-electron chi connectivity index (χ0n) is 14.3. The van der Waals surface area contributed by atoms with Crippen molar-refractivity contribution < 1.29 is 18.1 Å². The average molecular weight is 379 g/mol. The summed E-state index contributed by atoms with van der Waals surface area (Å²) >= 11 is 0. The van der Waals surface area contributed by atoms with Gasteiger partial charge in [-0.1, -0.05) is 24.3 Å². The van der Waals surface area contributed by atoms with Gasteiger partial charge in [0.1, 0.15) is 0 Å². The van der Waals surface area contributed by atoms with Crippen LogP contribution in [0.15, 0.2) is 53.4 Å². The molecule has 0 saturated carbocycles. The van der Waals surface area contributed by atoms with Gasteiger partial charge in [0, 0.05) is 38.9 Å². The molecule has 0 saturated heterocycles. The van der Waals surface area contributed by atoms with E-state index in [0.29, 0.717) is 19.7 Å². The van der Waals surface area contributed by atoms with Crippen molar-refractivity contribution in [3.05, 3.63) is 69.8 Å². The quantitative estimate of drug-likeness (QED) is 0.370. The van der Waals surface area contributed by atoms with Gasteiger partial charge in [-0.2, -0.15) is 0 Å². The summed E-state index contributed by atoms with van der Waals surface area (Å²) in [4.78, 5) is 10.4. The number of nitro groups is 1. The molecule has 2 rings (SSSR count). The van der Waals surface area contributed by atoms with Crippen LogP contribution in [0.4, 0.5) is 5.69 Å². The minimum Gasteiger partial charge on any atom is -0.383 e. The molecule has 2 aromatic carbocycles. The lowest BCUT2D eigenvalue weighted by atomic mass is 10.2. The molecule has 0 bridgehead atoms. The summed E-state index contributed by atoms with van der Waals surface area (Å²) in [6.07, 6.45) is 0. The molecule has 0 amide bonds. The second-order valence-electron chi connectivity index (χ2n) is 5.56. The van der Waals surface area contributed by atoms with Crippen molar-refractivity contribution in [3.8, 4) is 0 Å². The van der Waals surface area contributed by atoms with Gasteiger partial charge in [0.05, 0.1) is 16.4 Å². The number of nitrogens with zero attached hydrogens (tertiary/aromatic N) is 1. The molecule has 9 heteroatoms. The number of nitrogens with one attached hydrogen (secondary N) is 2. The zero-order valence-corrected chi connectivity index (χ0v) is 15.2. The van der Waals surface area contributed by atoms with Gasteiger partial charge in [0.25, 0.3) is 5.69 Å². The monoisotopic (exact) mass is 379 g/mol. The first-order valence-electron chi connectivity index (χ1n) is 7.94. The molecule has 0 aliphatic rings. The molecule has 0 fully saturated rings. The highest BCUT2D eigenvalue weighted by Crippen LogP contribution is 2.13. The number of non-ortho nitro benzene ring substituents is 1. The Labute approximate surface area is 152 Å². The number of hydrogen-bond acceptors (Lipinski definition) is 6. The van der Waals surface area contributed by atoms with E-state index < -0.39 is 14.9 Å². The number of ether oxygens (including phenoxy) is 1. The van der Waals surface area contributed by atoms with Crippen LogP contribution < -0.4 is 10.0 Å². The minimum atomic E-state index is -3.53. The smallest absolute Gasteiger partial charge is 0.269 e. The first kappa shape index (κ1) is 20.0. The summed E-state index contributed by atoms with van der Waals surface area (Å²) in [5.74, 6) is 0. The van der Waals surface area contributed by atoms with Crippen LogP contribution in [0.1, 0.15) is 11.1 Å². The maximum atomic E-state index is 12.1. The molecule has 8 nitrogen and oxygen atoms in total. The zero-order chi connectivity index (χ0) is 19.0. The van der Waals surface area contributed by atoms with Crippen LogP contribution in [0.5, 0.6) is 0 Å². The minimum absolute atomic E-state index is 0.0599. The van der Waals surface area contributed by atoms with Crippen LogP contribution in [0.25, 0.3) is 0 Å². The third-order valence-corrected chi connectivity index (χ3v) is 5.11. The highest BCUT2D eigenvalue weighted by molar-refractivity contribution is 7.89. The van der Waals surface area contributed by atoms with Crippen molar-refractivity contribution in [3.63, 3.8) is 0 Å². The van der Waals surface area contributed by atoms with Crippen molar-refractivity contribution in [1.29, 1.82) is 0 Å². The molecule has 0 heterocycles. The third kappa shape index (κ3) is 5.88. The van der Waals surface area contributed by atoms with Crippen molar-refractivity contribution in [1.82, 2.24) is 10.0 Å². The van der Waals surface area contributed by atoms with E-state index in [-0.39, 0.29) is 17.1 Å². The van der Waals surface area contributed by atoms with Gasteiger partial charge in [0.15, 0.2) is 0 Å². The first-order valence-corrected chi connectivity index (χ1v) is 9.42. The van der Waals surface area contributed by atoms with Crippen LogP contribution in [0.3, 0.4) is 0 Å². The third-order valence-electron chi connectivity index (χ3n) is 3.64. The van der Waals surface area contributed by atoms with Crippen LogP contribution >= 0.6 is 0 Å². The number of benzene rings is 2. The van der Waals surface area contributed by atoms with Gasteiger partial charge in [-0.15, -0.1) is 0 Å². The lowest BCUT2D eigenvalue weighted by molar-refractivity contribution is -0.384. The first-order chi connectivity index (χ1) is 12.4. The molecule has 0 aliphatic carbocycles. The normalized spacial score (nSPS) is 11.4. The number of sulfonamides is 1. The van der Waals surface area contributed by atoms with Crippen LogP contribution in [-0.4, -0.2) is 33.6 Å². The second kappa shape index (κ2) is 9.39. The molecule has 0 radical (unpaired) electrons. The molecular weight excluding hydrogens is 358 g/mol. The summed E-state index contributed by atoms with van der Waals surface area (Å²) in [6.45, 7) is 1.63. The van der Waals surface area contributed by atoms with Crippen molar-refractivity contribution in [2.75, 3.05) is 20.3 Å². The van der Waals surface area contributed by atoms with Crippen LogP contribution in [-0.2, 0) is 27.8 Å². The molecule has 0 spiro atoms. The van der Waals surface area contributed by atoms with Crippen molar-refractivity contribution >= 4 is 15.7 Å². The summed E-state index contributed by atoms with van der Waals surface area (Å²) < 4.78 is 31.4. The lowest BCUT2D eigenvalue weighted by Gasteiger charge is -2.08. The molecule has 0 aliphatic heterocycles. The standard InChI is InChI=1S/C17H21N3O5S/c1-25-11-10-19-26(23,24)17-8-4-15(5-9-17)13-18-12-14-2-6-16(7-3-14)20(21)22/h2-9,18-19H,10-13H2,1H3. The van der Waals surface area contributed by atoms with Crippen molar-refractivity contribution in [2.45, 2.75) is 18.0 Å². The highest BCUT2D eigenvalue weighted by Gasteiger charge is 2.12. The molecule has 140 valence electrons. The van der Waals surface area contributed by atoms with E-state index in [2.05, 4.69) is 10.0 Å². The molecule has 0 aromatic heterocycles. The molecule has 0 unspecified atom stereocenters. The largest absolute Gasteiger partial charge is 0.383 e. The Kier molecular flexibility index (Phi) is 7.22. The van der Waals surface area contributed by atoms with E-state index in [1.165, 1.54) is 19.2 Å². The molecular formula is C17H21N3O5S. The van der Waals surface area contributed by atoms with E-state index in [4.69, 9.17) is 4.74 Å². The summed E-state index contributed by atoms with van der Waals surface area (Å²) in [5, 5.41) is 13.8. The summed E-state index contributed by atoms with van der Waals surface area (Å²) in [5.41, 5.74) is 1.92. The van der Waals surface area contributed by atoms with E-state index >= 15 is 0 Å². The highest BCUT2D eigenvalue weighted by atomic mass is 32.2. The van der Waals surface area contributed by atoms with E-state index in [9.17, 15) is 18.5 Å². The SMILES string of the molecule is COCCNS(=O)(=O)c1ccc(CNCc2ccc([N+](=O)[O-])cc2)cc1. The van der Waals surface area contributed by atoms with Gasteiger partial charge >= 0.3 is 0 Å². The lowest BCUT2D eigenvalue weighted by Crippen LogP contribution is -2.27. The Morgan fingerprint density at radius 2 is 1.54 bits per heavy atom. The molecule has 26 heavy (non-hydrogen) atoms. The Morgan fingerprint density at radius 3 is 2.04 bits per heavy atom. The van der Waals surface area contributed by atoms with E-state index in [0.717, 1.165) is 11.1 Å². The fourth-order valence-electron chi connectivity index (χ4n) is 2.23. The maximum absolute atomic E-state index is 12.1. The molecule has 2 aromatic rings. The van der Waals surface area contributed by atoms with Gasteiger partial charge in [-0.25, -0.2) is 13.1 Å². The van der Waals surface area contributed by atoms with E-state index in [1.807, 2.05) is 0 Å². The van der Waals surface area contributed by atoms with Gasteiger partial charge in [-0.05, 0) is 23.3 Å². The average Bonchev–Trinajstić information content (AvgIpc) is 2.63. The Bertz CT molecular complexity index is 820. The van der Waals surface area contributed by atoms with Gasteiger partial charge < -0.3 is 10.1 Å². The Hall–Kier alpha value is -2.33. The topological polar surface area (TPSA) is 111 Å². The number of rotatable bonds is 10. The maximum Gasteiger partial charge on any atom is 0.269 e. The fourth-order valence-corrected chi connectivity index (χ4v) is 3.25. The van der Waals surface area contributed by atoms with Gasteiger partial charge in [-0.3, -0.25) is 10.1 Å². The Balaban J connectivity index is 1.86. The van der Waals surface area contributed by atoms with E-state index in [1.54, 1.807) is 36.4 Å². The van der Waals surface area contributed by atoms with Gasteiger partial charge in [0.2, 0.25) is 10.0 Å². The number of hydrogen-bond donors (Lipinski definition) is 2. The molecule has 2 N–H and O–H groups in total.